The van der Waals surface area contributed by atoms with Crippen molar-refractivity contribution >= 4 is 45.0 Å². The summed E-state index contributed by atoms with van der Waals surface area (Å²) in [5.41, 5.74) is 5.16. The van der Waals surface area contributed by atoms with Gasteiger partial charge in [0.05, 0.1) is 41.2 Å². The van der Waals surface area contributed by atoms with Gasteiger partial charge in [-0.1, -0.05) is 84.1 Å². The molecule has 6 aromatic rings. The van der Waals surface area contributed by atoms with Crippen LogP contribution in [0, 0.1) is 0 Å². The molecule has 242 valence electrons. The van der Waals surface area contributed by atoms with Gasteiger partial charge in [0.2, 0.25) is 0 Å². The third-order valence-electron chi connectivity index (χ3n) is 9.12. The summed E-state index contributed by atoms with van der Waals surface area (Å²) in [6.07, 6.45) is 1.94. The summed E-state index contributed by atoms with van der Waals surface area (Å²) in [7, 11) is 3.27. The normalized spacial score (nSPS) is 14.7. The van der Waals surface area contributed by atoms with Crippen LogP contribution >= 0.6 is 11.3 Å². The molecule has 8 nitrogen and oxygen atoms in total. The van der Waals surface area contributed by atoms with E-state index >= 15 is 0 Å². The summed E-state index contributed by atoms with van der Waals surface area (Å²) in [5.74, 6) is 1.16. The molecule has 0 radical (unpaired) electrons. The van der Waals surface area contributed by atoms with Gasteiger partial charge < -0.3 is 19.4 Å². The lowest BCUT2D eigenvalue weighted by Gasteiger charge is -2.30. The summed E-state index contributed by atoms with van der Waals surface area (Å²) < 4.78 is 13.8. The highest BCUT2D eigenvalue weighted by Gasteiger charge is 2.36. The third kappa shape index (κ3) is 5.02. The van der Waals surface area contributed by atoms with Crippen molar-refractivity contribution in [2.24, 2.45) is 4.99 Å². The summed E-state index contributed by atoms with van der Waals surface area (Å²) >= 11 is 1.32. The van der Waals surface area contributed by atoms with Gasteiger partial charge in [-0.2, -0.15) is 0 Å². The molecule has 7 rings (SSSR count). The Morgan fingerprint density at radius 3 is 2.35 bits per heavy atom. The van der Waals surface area contributed by atoms with E-state index in [1.165, 1.54) is 11.3 Å². The zero-order valence-corrected chi connectivity index (χ0v) is 28.4. The molecule has 0 fully saturated rings. The molecule has 0 saturated heterocycles. The van der Waals surface area contributed by atoms with Crippen LogP contribution in [0.3, 0.4) is 0 Å². The Hall–Kier alpha value is -5.41. The molecule has 2 aromatic heterocycles. The molecule has 0 spiro atoms. The molecule has 3 heterocycles. The van der Waals surface area contributed by atoms with E-state index in [4.69, 9.17) is 14.5 Å². The first-order valence-corrected chi connectivity index (χ1v) is 16.8. The highest BCUT2D eigenvalue weighted by atomic mass is 32.1. The number of methoxy groups -OCH3 is 2. The molecular weight excluding hydrogens is 621 g/mol. The van der Waals surface area contributed by atoms with E-state index in [0.717, 1.165) is 44.1 Å². The molecule has 1 aliphatic heterocycles. The maximum atomic E-state index is 14.8. The first-order valence-electron chi connectivity index (χ1n) is 16.0. The quantitative estimate of drug-likeness (QED) is 0.205. The average Bonchev–Trinajstić information content (AvgIpc) is 3.64. The number of benzene rings is 4. The van der Waals surface area contributed by atoms with E-state index < -0.39 is 6.04 Å². The van der Waals surface area contributed by atoms with Crippen LogP contribution in [-0.4, -0.2) is 47.7 Å². The minimum Gasteiger partial charge on any atom is -0.496 e. The van der Waals surface area contributed by atoms with Crippen LogP contribution in [-0.2, 0) is 4.79 Å². The monoisotopic (exact) mass is 656 g/mol. The number of rotatable bonds is 8. The van der Waals surface area contributed by atoms with E-state index in [2.05, 4.69) is 4.98 Å². The van der Waals surface area contributed by atoms with Crippen molar-refractivity contribution in [1.82, 2.24) is 14.5 Å². The Kier molecular flexibility index (Phi) is 8.23. The minimum absolute atomic E-state index is 0.148. The molecule has 4 aromatic carbocycles. The maximum absolute atomic E-state index is 14.8. The molecule has 1 atom stereocenters. The Labute approximate surface area is 281 Å². The second-order valence-electron chi connectivity index (χ2n) is 11.6. The van der Waals surface area contributed by atoms with Crippen molar-refractivity contribution in [3.63, 3.8) is 0 Å². The molecule has 0 saturated carbocycles. The fourth-order valence-electron chi connectivity index (χ4n) is 6.78. The predicted octanol–water partition coefficient (Wildman–Crippen LogP) is 6.42. The van der Waals surface area contributed by atoms with Crippen LogP contribution in [0.4, 0.5) is 0 Å². The molecule has 0 bridgehead atoms. The summed E-state index contributed by atoms with van der Waals surface area (Å²) in [6, 6.07) is 27.1. The second-order valence-corrected chi connectivity index (χ2v) is 12.6. The number of fused-ring (bicyclic) bond motifs is 3. The van der Waals surface area contributed by atoms with Crippen molar-refractivity contribution in [3.8, 4) is 22.8 Å². The molecule has 1 amide bonds. The number of amides is 1. The number of hydrogen-bond donors (Lipinski definition) is 1. The SMILES string of the molecule is CCN(CC)C(=O)C1=C(C)N=c2s/c(=C/c3c(-c4ccccc4)[nH]c4c(OC)cccc34)c(=O)n2[C@H]1c1c(OC)ccc2ccccc12. The summed E-state index contributed by atoms with van der Waals surface area (Å²) in [5, 5.41) is 2.82. The van der Waals surface area contributed by atoms with Crippen LogP contribution in [0.25, 0.3) is 39.0 Å². The first-order chi connectivity index (χ1) is 23.4. The average molecular weight is 657 g/mol. The number of nitrogens with zero attached hydrogens (tertiary/aromatic N) is 3. The number of nitrogens with one attached hydrogen (secondary N) is 1. The fourth-order valence-corrected chi connectivity index (χ4v) is 7.81. The van der Waals surface area contributed by atoms with E-state index in [0.29, 0.717) is 45.2 Å². The number of hydrogen-bond acceptors (Lipinski definition) is 6. The number of ether oxygens (including phenoxy) is 2. The van der Waals surface area contributed by atoms with Crippen molar-refractivity contribution in [2.45, 2.75) is 26.8 Å². The molecule has 1 aliphatic rings. The van der Waals surface area contributed by atoms with Crippen LogP contribution in [0.5, 0.6) is 11.5 Å². The molecule has 0 unspecified atom stereocenters. The first kappa shape index (κ1) is 31.2. The summed E-state index contributed by atoms with van der Waals surface area (Å²) in [4.78, 5) is 39.9. The molecule has 9 heteroatoms. The van der Waals surface area contributed by atoms with Crippen molar-refractivity contribution in [1.29, 1.82) is 0 Å². The Morgan fingerprint density at radius 2 is 1.62 bits per heavy atom. The van der Waals surface area contributed by atoms with Gasteiger partial charge in [-0.3, -0.25) is 14.2 Å². The topological polar surface area (TPSA) is 88.9 Å². The van der Waals surface area contributed by atoms with Crippen LogP contribution in [0.15, 0.2) is 106 Å². The van der Waals surface area contributed by atoms with Gasteiger partial charge in [0.15, 0.2) is 4.80 Å². The lowest BCUT2D eigenvalue weighted by atomic mass is 9.90. The van der Waals surface area contributed by atoms with Crippen LogP contribution in [0.1, 0.15) is 37.9 Å². The lowest BCUT2D eigenvalue weighted by Crippen LogP contribution is -2.43. The predicted molar refractivity (Wildman–Crippen MR) is 192 cm³/mol. The van der Waals surface area contributed by atoms with Crippen LogP contribution in [0.2, 0.25) is 0 Å². The highest BCUT2D eigenvalue weighted by Crippen LogP contribution is 2.41. The largest absolute Gasteiger partial charge is 0.496 e. The van der Waals surface area contributed by atoms with Gasteiger partial charge in [-0.15, -0.1) is 0 Å². The van der Waals surface area contributed by atoms with Gasteiger partial charge >= 0.3 is 0 Å². The molecule has 0 aliphatic carbocycles. The van der Waals surface area contributed by atoms with E-state index in [9.17, 15) is 9.59 Å². The zero-order chi connectivity index (χ0) is 33.5. The molecule has 1 N–H and O–H groups in total. The van der Waals surface area contributed by atoms with Crippen molar-refractivity contribution in [3.05, 3.63) is 127 Å². The maximum Gasteiger partial charge on any atom is 0.271 e. The number of para-hydroxylation sites is 1. The van der Waals surface area contributed by atoms with Gasteiger partial charge in [-0.05, 0) is 55.3 Å². The second kappa shape index (κ2) is 12.7. The van der Waals surface area contributed by atoms with Gasteiger partial charge in [0.1, 0.15) is 17.5 Å². The lowest BCUT2D eigenvalue weighted by molar-refractivity contribution is -0.127. The molecule has 48 heavy (non-hydrogen) atoms. The Morgan fingerprint density at radius 1 is 0.917 bits per heavy atom. The number of carbonyl (C=O) groups excluding carboxylic acids is 1. The van der Waals surface area contributed by atoms with E-state index in [-0.39, 0.29) is 11.5 Å². The zero-order valence-electron chi connectivity index (χ0n) is 27.5. The number of H-pyrrole nitrogens is 1. The molecular formula is C39H36N4O4S. The third-order valence-corrected chi connectivity index (χ3v) is 10.1. The van der Waals surface area contributed by atoms with Gasteiger partial charge in [-0.25, -0.2) is 4.99 Å². The Bertz CT molecular complexity index is 2420. The summed E-state index contributed by atoms with van der Waals surface area (Å²) in [6.45, 7) is 6.84. The number of allylic oxidation sites excluding steroid dienone is 1. The highest BCUT2D eigenvalue weighted by molar-refractivity contribution is 7.07. The standard InChI is InChI=1S/C39H36N4O4S/c1-6-42(7-2)38(45)32-23(3)40-39-43(36(32)33-26-17-12-11-14-24(26)20-21-29(33)46-4)37(44)31(48-39)22-28-27-18-13-19-30(47-5)35(27)41-34(28)25-15-9-8-10-16-25/h8-22,36,41H,6-7H2,1-5H3/b31-22+/t36-/m1/s1. The number of thiazole rings is 1. The Balaban J connectivity index is 1.55. The minimum atomic E-state index is -0.755. The number of carbonyl (C=O) groups is 1. The number of aromatic amines is 1. The smallest absolute Gasteiger partial charge is 0.271 e. The number of aromatic nitrogens is 2. The number of likely N-dealkylation sites (N-methyl/N-ethyl adjacent to an activating group) is 1. The van der Waals surface area contributed by atoms with Crippen LogP contribution < -0.4 is 24.4 Å². The fraction of sp³-hybridized carbons (Fsp3) is 0.205. The van der Waals surface area contributed by atoms with Gasteiger partial charge in [0.25, 0.3) is 11.5 Å². The van der Waals surface area contributed by atoms with E-state index in [1.807, 2.05) is 112 Å². The van der Waals surface area contributed by atoms with E-state index in [1.54, 1.807) is 23.7 Å². The van der Waals surface area contributed by atoms with Gasteiger partial charge in [0, 0.05) is 29.6 Å². The van der Waals surface area contributed by atoms with Crippen molar-refractivity contribution < 1.29 is 14.3 Å². The van der Waals surface area contributed by atoms with Crippen molar-refractivity contribution in [2.75, 3.05) is 27.3 Å².